The molecule has 1 fully saturated rings. The number of carbonyl (C=O) groups is 2. The second kappa shape index (κ2) is 11.4. The summed E-state index contributed by atoms with van der Waals surface area (Å²) < 4.78 is 0. The largest absolute Gasteiger partial charge is 0.361 e. The van der Waals surface area contributed by atoms with Crippen molar-refractivity contribution in [3.63, 3.8) is 0 Å². The number of hydrogen-bond acceptors (Lipinski definition) is 3. The van der Waals surface area contributed by atoms with Crippen LogP contribution in [0.5, 0.6) is 0 Å². The molecule has 1 aliphatic carbocycles. The maximum absolute atomic E-state index is 13.3. The standard InChI is InChI=1S/C29H35N5O2/c35-28(34-22-8-2-1-3-9-22)19-33-27(16-21-18-32-26-13-7-5-11-24(21)26)29(36)30-15-14-20-17-31-25-12-6-4-10-23(20)25/h4-7,10-13,17-18,22,27,31-33H,1-3,8-9,14-16,19H2,(H,30,36)(H,34,35)/t27-/m0/s1. The average molecular weight is 486 g/mol. The predicted molar refractivity (Wildman–Crippen MR) is 144 cm³/mol. The Bertz CT molecular complexity index is 1320. The fraction of sp³-hybridized carbons (Fsp3) is 0.379. The van der Waals surface area contributed by atoms with E-state index in [0.717, 1.165) is 41.2 Å². The van der Waals surface area contributed by atoms with Gasteiger partial charge in [-0.25, -0.2) is 0 Å². The first-order valence-electron chi connectivity index (χ1n) is 13.1. The van der Waals surface area contributed by atoms with Gasteiger partial charge in [0.15, 0.2) is 0 Å². The third-order valence-corrected chi connectivity index (χ3v) is 7.26. The van der Waals surface area contributed by atoms with Gasteiger partial charge in [-0.2, -0.15) is 0 Å². The minimum absolute atomic E-state index is 0.0441. The lowest BCUT2D eigenvalue weighted by atomic mass is 9.95. The molecule has 0 bridgehead atoms. The van der Waals surface area contributed by atoms with Crippen molar-refractivity contribution in [3.05, 3.63) is 72.1 Å². The van der Waals surface area contributed by atoms with Gasteiger partial charge in [0.05, 0.1) is 12.6 Å². The number of rotatable bonds is 10. The molecule has 7 heteroatoms. The molecule has 2 heterocycles. The Balaban J connectivity index is 1.22. The highest BCUT2D eigenvalue weighted by atomic mass is 16.2. The van der Waals surface area contributed by atoms with E-state index in [2.05, 4.69) is 44.1 Å². The van der Waals surface area contributed by atoms with Gasteiger partial charge in [-0.15, -0.1) is 0 Å². The Hall–Kier alpha value is -3.58. The van der Waals surface area contributed by atoms with Crippen molar-refractivity contribution >= 4 is 33.6 Å². The van der Waals surface area contributed by atoms with Crippen LogP contribution < -0.4 is 16.0 Å². The number of aromatic nitrogens is 2. The molecule has 0 saturated heterocycles. The van der Waals surface area contributed by atoms with E-state index in [-0.39, 0.29) is 24.4 Å². The molecule has 5 rings (SSSR count). The molecule has 0 aliphatic heterocycles. The highest BCUT2D eigenvalue weighted by molar-refractivity contribution is 5.87. The maximum atomic E-state index is 13.3. The first kappa shape index (κ1) is 24.1. The quantitative estimate of drug-likeness (QED) is 0.235. The zero-order chi connectivity index (χ0) is 24.7. The van der Waals surface area contributed by atoms with Gasteiger partial charge in [-0.3, -0.25) is 14.9 Å². The fourth-order valence-electron chi connectivity index (χ4n) is 5.30. The molecule has 7 nitrogen and oxygen atoms in total. The third-order valence-electron chi connectivity index (χ3n) is 7.26. The Morgan fingerprint density at radius 2 is 1.50 bits per heavy atom. The van der Waals surface area contributed by atoms with Crippen LogP contribution in [-0.2, 0) is 22.4 Å². The van der Waals surface area contributed by atoms with Gasteiger partial charge in [-0.1, -0.05) is 55.7 Å². The Kier molecular flexibility index (Phi) is 7.67. The molecule has 0 spiro atoms. The van der Waals surface area contributed by atoms with Gasteiger partial charge in [0.25, 0.3) is 0 Å². The van der Waals surface area contributed by atoms with E-state index in [1.54, 1.807) is 0 Å². The molecular weight excluding hydrogens is 450 g/mol. The van der Waals surface area contributed by atoms with Gasteiger partial charge >= 0.3 is 0 Å². The van der Waals surface area contributed by atoms with Crippen LogP contribution in [0, 0.1) is 0 Å². The number of fused-ring (bicyclic) bond motifs is 2. The normalized spacial score (nSPS) is 15.2. The molecule has 2 aromatic carbocycles. The summed E-state index contributed by atoms with van der Waals surface area (Å²) in [6.07, 6.45) is 10.9. The second-order valence-electron chi connectivity index (χ2n) is 9.80. The number of hydrogen-bond donors (Lipinski definition) is 5. The Labute approximate surface area is 211 Å². The molecular formula is C29H35N5O2. The number of carbonyl (C=O) groups excluding carboxylic acids is 2. The fourth-order valence-corrected chi connectivity index (χ4v) is 5.30. The van der Waals surface area contributed by atoms with Crippen molar-refractivity contribution in [1.82, 2.24) is 25.9 Å². The topological polar surface area (TPSA) is 102 Å². The molecule has 1 saturated carbocycles. The minimum atomic E-state index is -0.510. The van der Waals surface area contributed by atoms with Crippen LogP contribution in [0.15, 0.2) is 60.9 Å². The molecule has 2 aromatic heterocycles. The number of aromatic amines is 2. The van der Waals surface area contributed by atoms with E-state index in [1.807, 2.05) is 42.7 Å². The number of amides is 2. The van der Waals surface area contributed by atoms with Crippen molar-refractivity contribution in [2.45, 2.75) is 57.0 Å². The summed E-state index contributed by atoms with van der Waals surface area (Å²) in [7, 11) is 0. The third kappa shape index (κ3) is 5.79. The van der Waals surface area contributed by atoms with Crippen molar-refractivity contribution in [1.29, 1.82) is 0 Å². The summed E-state index contributed by atoms with van der Waals surface area (Å²) in [5.74, 6) is -0.136. The summed E-state index contributed by atoms with van der Waals surface area (Å²) in [6.45, 7) is 0.653. The second-order valence-corrected chi connectivity index (χ2v) is 9.80. The SMILES string of the molecule is O=C(CN[C@@H](Cc1c[nH]c2ccccc12)C(=O)NCCc1c[nH]c2ccccc12)NC1CCCCC1. The number of H-pyrrole nitrogens is 2. The van der Waals surface area contributed by atoms with Crippen molar-refractivity contribution in [3.8, 4) is 0 Å². The zero-order valence-electron chi connectivity index (χ0n) is 20.6. The van der Waals surface area contributed by atoms with Crippen molar-refractivity contribution in [2.75, 3.05) is 13.1 Å². The summed E-state index contributed by atoms with van der Waals surface area (Å²) in [5.41, 5.74) is 4.38. The Morgan fingerprint density at radius 3 is 2.22 bits per heavy atom. The highest BCUT2D eigenvalue weighted by Gasteiger charge is 2.22. The van der Waals surface area contributed by atoms with Crippen LogP contribution in [-0.4, -0.2) is 47.0 Å². The smallest absolute Gasteiger partial charge is 0.237 e. The average Bonchev–Trinajstić information content (AvgIpc) is 3.51. The summed E-state index contributed by atoms with van der Waals surface area (Å²) in [5, 5.41) is 11.8. The van der Waals surface area contributed by atoms with E-state index in [0.29, 0.717) is 13.0 Å². The molecule has 188 valence electrons. The molecule has 1 atom stereocenters. The highest BCUT2D eigenvalue weighted by Crippen LogP contribution is 2.20. The van der Waals surface area contributed by atoms with E-state index in [9.17, 15) is 9.59 Å². The zero-order valence-corrected chi connectivity index (χ0v) is 20.6. The van der Waals surface area contributed by atoms with Crippen LogP contribution in [0.4, 0.5) is 0 Å². The molecule has 1 aliphatic rings. The monoisotopic (exact) mass is 485 g/mol. The van der Waals surface area contributed by atoms with Gasteiger partial charge in [0.2, 0.25) is 11.8 Å². The van der Waals surface area contributed by atoms with Gasteiger partial charge in [0, 0.05) is 46.8 Å². The first-order chi connectivity index (χ1) is 17.7. The molecule has 4 aromatic rings. The van der Waals surface area contributed by atoms with Crippen LogP contribution in [0.25, 0.3) is 21.8 Å². The number of para-hydroxylation sites is 2. The molecule has 36 heavy (non-hydrogen) atoms. The number of benzene rings is 2. The summed E-state index contributed by atoms with van der Waals surface area (Å²) in [4.78, 5) is 32.5. The van der Waals surface area contributed by atoms with Crippen LogP contribution >= 0.6 is 0 Å². The molecule has 5 N–H and O–H groups in total. The van der Waals surface area contributed by atoms with Crippen molar-refractivity contribution in [2.24, 2.45) is 0 Å². The van der Waals surface area contributed by atoms with Crippen molar-refractivity contribution < 1.29 is 9.59 Å². The molecule has 0 radical (unpaired) electrons. The van der Waals surface area contributed by atoms with Crippen LogP contribution in [0.2, 0.25) is 0 Å². The van der Waals surface area contributed by atoms with E-state index in [1.165, 1.54) is 30.2 Å². The van der Waals surface area contributed by atoms with E-state index in [4.69, 9.17) is 0 Å². The van der Waals surface area contributed by atoms with Gasteiger partial charge < -0.3 is 20.6 Å². The summed E-state index contributed by atoms with van der Waals surface area (Å²) in [6, 6.07) is 16.0. The molecule has 0 unspecified atom stereocenters. The summed E-state index contributed by atoms with van der Waals surface area (Å²) >= 11 is 0. The first-order valence-corrected chi connectivity index (χ1v) is 13.1. The maximum Gasteiger partial charge on any atom is 0.237 e. The van der Waals surface area contributed by atoms with E-state index < -0.39 is 6.04 Å². The Morgan fingerprint density at radius 1 is 0.861 bits per heavy atom. The lowest BCUT2D eigenvalue weighted by molar-refractivity contribution is -0.124. The van der Waals surface area contributed by atoms with Crippen LogP contribution in [0.1, 0.15) is 43.2 Å². The lowest BCUT2D eigenvalue weighted by Gasteiger charge is -2.24. The lowest BCUT2D eigenvalue weighted by Crippen LogP contribution is -2.50. The van der Waals surface area contributed by atoms with E-state index >= 15 is 0 Å². The van der Waals surface area contributed by atoms with Crippen LogP contribution in [0.3, 0.4) is 0 Å². The van der Waals surface area contributed by atoms with Gasteiger partial charge in [-0.05, 0) is 48.9 Å². The van der Waals surface area contributed by atoms with Gasteiger partial charge in [0.1, 0.15) is 0 Å². The predicted octanol–water partition coefficient (Wildman–Crippen LogP) is 3.96. The minimum Gasteiger partial charge on any atom is -0.361 e. The molecule has 2 amide bonds. The number of nitrogens with one attached hydrogen (secondary N) is 5.